The summed E-state index contributed by atoms with van der Waals surface area (Å²) in [5.41, 5.74) is 13.6. The molecule has 10 rings (SSSR count). The van der Waals surface area contributed by atoms with Crippen molar-refractivity contribution >= 4 is 49.7 Å². The maximum absolute atomic E-state index is 6.46. The van der Waals surface area contributed by atoms with Crippen LogP contribution in [0.3, 0.4) is 0 Å². The maximum Gasteiger partial charge on any atom is 0.227 e. The quantitative estimate of drug-likeness (QED) is 0.185. The van der Waals surface area contributed by atoms with E-state index in [2.05, 4.69) is 158 Å². The Morgan fingerprint density at radius 2 is 1.12 bits per heavy atom. The number of fused-ring (bicyclic) bond motifs is 8. The van der Waals surface area contributed by atoms with Crippen molar-refractivity contribution < 1.29 is 4.42 Å². The third kappa shape index (κ3) is 4.69. The van der Waals surface area contributed by atoms with E-state index in [-0.39, 0.29) is 5.41 Å². The Bertz CT molecular complexity index is 2750. The number of para-hydroxylation sites is 1. The lowest BCUT2D eigenvalue weighted by Gasteiger charge is -2.26. The summed E-state index contributed by atoms with van der Waals surface area (Å²) in [6.07, 6.45) is 0. The monoisotopic (exact) mass is 654 g/mol. The molecule has 0 spiro atoms. The lowest BCUT2D eigenvalue weighted by molar-refractivity contribution is 0.623. The molecule has 0 aliphatic heterocycles. The molecule has 9 aromatic rings. The van der Waals surface area contributed by atoms with Crippen molar-refractivity contribution in [2.45, 2.75) is 19.3 Å². The van der Waals surface area contributed by atoms with Crippen LogP contribution in [-0.2, 0) is 5.41 Å². The number of hydrogen-bond donors (Lipinski definition) is 0. The number of nitrogens with zero attached hydrogens (tertiary/aromatic N) is 2. The molecule has 0 amide bonds. The maximum atomic E-state index is 6.46. The predicted octanol–water partition coefficient (Wildman–Crippen LogP) is 13.2. The van der Waals surface area contributed by atoms with E-state index in [1.807, 2.05) is 30.3 Å². The van der Waals surface area contributed by atoms with Crippen LogP contribution in [0.5, 0.6) is 0 Å². The molecule has 0 atom stereocenters. The largest absolute Gasteiger partial charge is 0.435 e. The van der Waals surface area contributed by atoms with E-state index in [9.17, 15) is 0 Å². The minimum atomic E-state index is -0.212. The van der Waals surface area contributed by atoms with E-state index < -0.39 is 0 Å². The van der Waals surface area contributed by atoms with E-state index >= 15 is 0 Å². The molecule has 0 saturated heterocycles. The van der Waals surface area contributed by atoms with E-state index in [0.717, 1.165) is 39.1 Å². The van der Waals surface area contributed by atoms with Gasteiger partial charge in [-0.3, -0.25) is 0 Å². The lowest BCUT2D eigenvalue weighted by Crippen LogP contribution is -2.15. The van der Waals surface area contributed by atoms with Crippen LogP contribution in [0.1, 0.15) is 25.0 Å². The summed E-state index contributed by atoms with van der Waals surface area (Å²) in [6, 6.07) is 60.7. The van der Waals surface area contributed by atoms with Crippen LogP contribution in [0.25, 0.3) is 66.4 Å². The number of rotatable bonds is 5. The van der Waals surface area contributed by atoms with Crippen molar-refractivity contribution in [3.8, 4) is 33.7 Å². The first-order chi connectivity index (χ1) is 25.0. The van der Waals surface area contributed by atoms with Crippen LogP contribution in [0.4, 0.5) is 17.1 Å². The second kappa shape index (κ2) is 11.3. The molecule has 0 N–H and O–H groups in total. The molecular formula is C48H34N2O. The number of aromatic nitrogens is 1. The first-order valence-corrected chi connectivity index (χ1v) is 17.5. The first kappa shape index (κ1) is 29.5. The molecule has 0 unspecified atom stereocenters. The van der Waals surface area contributed by atoms with Crippen molar-refractivity contribution in [2.24, 2.45) is 0 Å². The van der Waals surface area contributed by atoms with Crippen LogP contribution >= 0.6 is 0 Å². The molecule has 0 bridgehead atoms. The minimum absolute atomic E-state index is 0.212. The summed E-state index contributed by atoms with van der Waals surface area (Å²) < 4.78 is 6.46. The fraction of sp³-hybridized carbons (Fsp3) is 0.0625. The van der Waals surface area contributed by atoms with Gasteiger partial charge >= 0.3 is 0 Å². The van der Waals surface area contributed by atoms with Gasteiger partial charge in [0, 0.05) is 33.4 Å². The van der Waals surface area contributed by atoms with Gasteiger partial charge in [0.15, 0.2) is 5.58 Å². The average Bonchev–Trinajstić information content (AvgIpc) is 3.72. The zero-order valence-electron chi connectivity index (χ0n) is 28.5. The number of oxazole rings is 1. The Morgan fingerprint density at radius 3 is 1.86 bits per heavy atom. The fourth-order valence-electron chi connectivity index (χ4n) is 8.15. The van der Waals surface area contributed by atoms with Gasteiger partial charge in [-0.05, 0) is 122 Å². The summed E-state index contributed by atoms with van der Waals surface area (Å²) in [4.78, 5) is 7.20. The lowest BCUT2D eigenvalue weighted by atomic mass is 9.79. The molecule has 3 nitrogen and oxygen atoms in total. The molecule has 1 aromatic heterocycles. The average molecular weight is 655 g/mol. The number of anilines is 3. The Hall–Kier alpha value is -6.45. The molecule has 8 aromatic carbocycles. The van der Waals surface area contributed by atoms with Gasteiger partial charge in [-0.25, -0.2) is 4.98 Å². The molecular weight excluding hydrogens is 621 g/mol. The topological polar surface area (TPSA) is 29.3 Å². The minimum Gasteiger partial charge on any atom is -0.435 e. The van der Waals surface area contributed by atoms with Crippen LogP contribution in [0.15, 0.2) is 174 Å². The third-order valence-electron chi connectivity index (χ3n) is 10.6. The second-order valence-electron chi connectivity index (χ2n) is 14.0. The normalized spacial score (nSPS) is 13.1. The molecule has 51 heavy (non-hydrogen) atoms. The highest BCUT2D eigenvalue weighted by molar-refractivity contribution is 6.09. The zero-order chi connectivity index (χ0) is 34.1. The Labute approximate surface area is 297 Å². The highest BCUT2D eigenvalue weighted by Gasteiger charge is 2.37. The summed E-state index contributed by atoms with van der Waals surface area (Å²) in [5, 5.41) is 4.77. The summed E-state index contributed by atoms with van der Waals surface area (Å²) >= 11 is 0. The van der Waals surface area contributed by atoms with E-state index in [0.29, 0.717) is 5.89 Å². The van der Waals surface area contributed by atoms with E-state index in [1.165, 1.54) is 49.5 Å². The molecule has 0 saturated carbocycles. The summed E-state index contributed by atoms with van der Waals surface area (Å²) in [6.45, 7) is 4.72. The fourth-order valence-corrected chi connectivity index (χ4v) is 8.15. The van der Waals surface area contributed by atoms with Crippen molar-refractivity contribution in [3.63, 3.8) is 0 Å². The number of hydrogen-bond acceptors (Lipinski definition) is 3. The zero-order valence-corrected chi connectivity index (χ0v) is 28.5. The van der Waals surface area contributed by atoms with Crippen LogP contribution in [-0.4, -0.2) is 4.98 Å². The van der Waals surface area contributed by atoms with Crippen LogP contribution in [0, 0.1) is 0 Å². The molecule has 0 fully saturated rings. The van der Waals surface area contributed by atoms with Gasteiger partial charge in [-0.15, -0.1) is 0 Å². The van der Waals surface area contributed by atoms with Crippen LogP contribution in [0.2, 0.25) is 0 Å². The SMILES string of the molecule is CC1(C)c2cc3cc(N(c4ccccc4)c4ccc(-c5ccccc5)cc4)ccc3cc2-c2ccc3c(ccc4nc(-c5ccccc5)oc43)c21. The first-order valence-electron chi connectivity index (χ1n) is 17.5. The smallest absolute Gasteiger partial charge is 0.227 e. The Kier molecular flexibility index (Phi) is 6.53. The third-order valence-corrected chi connectivity index (χ3v) is 10.6. The van der Waals surface area contributed by atoms with Gasteiger partial charge in [0.2, 0.25) is 5.89 Å². The number of benzene rings is 8. The molecule has 242 valence electrons. The molecule has 1 aliphatic rings. The van der Waals surface area contributed by atoms with Crippen molar-refractivity contribution in [2.75, 3.05) is 4.90 Å². The predicted molar refractivity (Wildman–Crippen MR) is 212 cm³/mol. The Morgan fingerprint density at radius 1 is 0.490 bits per heavy atom. The van der Waals surface area contributed by atoms with Gasteiger partial charge in [-0.2, -0.15) is 0 Å². The van der Waals surface area contributed by atoms with Gasteiger partial charge in [0.25, 0.3) is 0 Å². The standard InChI is InChI=1S/C48H34N2O/c1-48(2)43-30-35-28-38(50(36-16-10-5-11-17-36)37-21-18-32(19-22-37)31-12-6-3-7-13-31)23-20-34(35)29-42(43)40-24-25-41-39(45(40)48)26-27-44-46(41)51-47(49-44)33-14-8-4-9-15-33/h3-30H,1-2H3. The van der Waals surface area contributed by atoms with Gasteiger partial charge in [0.1, 0.15) is 5.52 Å². The second-order valence-corrected chi connectivity index (χ2v) is 14.0. The molecule has 3 heteroatoms. The van der Waals surface area contributed by atoms with Crippen molar-refractivity contribution in [1.82, 2.24) is 4.98 Å². The van der Waals surface area contributed by atoms with E-state index in [1.54, 1.807) is 0 Å². The van der Waals surface area contributed by atoms with E-state index in [4.69, 9.17) is 9.40 Å². The van der Waals surface area contributed by atoms with Crippen molar-refractivity contribution in [3.05, 3.63) is 181 Å². The van der Waals surface area contributed by atoms with Gasteiger partial charge in [-0.1, -0.05) is 111 Å². The Balaban J connectivity index is 1.08. The molecule has 0 radical (unpaired) electrons. The highest BCUT2D eigenvalue weighted by Crippen LogP contribution is 2.53. The summed E-state index contributed by atoms with van der Waals surface area (Å²) in [5.74, 6) is 0.653. The highest BCUT2D eigenvalue weighted by atomic mass is 16.3. The van der Waals surface area contributed by atoms with Gasteiger partial charge in [0.05, 0.1) is 0 Å². The van der Waals surface area contributed by atoms with Crippen molar-refractivity contribution in [1.29, 1.82) is 0 Å². The molecule has 1 heterocycles. The molecule has 1 aliphatic carbocycles. The van der Waals surface area contributed by atoms with Crippen LogP contribution < -0.4 is 4.90 Å². The summed E-state index contributed by atoms with van der Waals surface area (Å²) in [7, 11) is 0. The van der Waals surface area contributed by atoms with Gasteiger partial charge < -0.3 is 9.32 Å².